The zero-order valence-corrected chi connectivity index (χ0v) is 16.0. The van der Waals surface area contributed by atoms with Crippen LogP contribution in [0.15, 0.2) is 72.8 Å². The maximum absolute atomic E-state index is 12.8. The fourth-order valence-corrected chi connectivity index (χ4v) is 3.34. The average Bonchev–Trinajstić information content (AvgIpc) is 2.68. The first-order valence-corrected chi connectivity index (χ1v) is 9.12. The van der Waals surface area contributed by atoms with Crippen LogP contribution in [0.25, 0.3) is 0 Å². The van der Waals surface area contributed by atoms with Crippen LogP contribution in [-0.2, 0) is 11.2 Å². The van der Waals surface area contributed by atoms with Crippen molar-refractivity contribution in [3.8, 4) is 5.75 Å². The second-order valence-electron chi connectivity index (χ2n) is 6.75. The van der Waals surface area contributed by atoms with Gasteiger partial charge in [0.2, 0.25) is 5.91 Å². The van der Waals surface area contributed by atoms with Gasteiger partial charge in [-0.05, 0) is 47.7 Å². The summed E-state index contributed by atoms with van der Waals surface area (Å²) in [7, 11) is 1.65. The van der Waals surface area contributed by atoms with Crippen LogP contribution in [0, 0.1) is 13.8 Å². The highest BCUT2D eigenvalue weighted by Gasteiger charge is 2.18. The predicted octanol–water partition coefficient (Wildman–Crippen LogP) is 4.76. The molecule has 0 radical (unpaired) electrons. The summed E-state index contributed by atoms with van der Waals surface area (Å²) >= 11 is 0. The number of benzene rings is 3. The first-order valence-electron chi connectivity index (χ1n) is 9.12. The Morgan fingerprint density at radius 3 is 2.30 bits per heavy atom. The fourth-order valence-electron chi connectivity index (χ4n) is 3.34. The molecule has 1 amide bonds. The summed E-state index contributed by atoms with van der Waals surface area (Å²) in [6.07, 6.45) is 0.333. The molecule has 3 rings (SSSR count). The second kappa shape index (κ2) is 8.54. The van der Waals surface area contributed by atoms with Gasteiger partial charge in [-0.25, -0.2) is 0 Å². The van der Waals surface area contributed by atoms with Crippen LogP contribution in [0.5, 0.6) is 5.75 Å². The Balaban J connectivity index is 1.83. The first kappa shape index (κ1) is 18.7. The van der Waals surface area contributed by atoms with Gasteiger partial charge in [-0.1, -0.05) is 66.7 Å². The third-order valence-corrected chi connectivity index (χ3v) is 4.76. The van der Waals surface area contributed by atoms with Gasteiger partial charge in [0.05, 0.1) is 19.6 Å². The lowest BCUT2D eigenvalue weighted by Gasteiger charge is -2.22. The molecule has 3 heteroatoms. The Hall–Kier alpha value is -3.07. The Bertz CT molecular complexity index is 919. The van der Waals surface area contributed by atoms with Crippen LogP contribution in [0.3, 0.4) is 0 Å². The van der Waals surface area contributed by atoms with Crippen molar-refractivity contribution >= 4 is 5.91 Å². The molecule has 0 aromatic heterocycles. The molecule has 0 heterocycles. The number of rotatable bonds is 6. The van der Waals surface area contributed by atoms with Crippen LogP contribution in [0.2, 0.25) is 0 Å². The van der Waals surface area contributed by atoms with E-state index in [9.17, 15) is 4.79 Å². The van der Waals surface area contributed by atoms with Crippen molar-refractivity contribution in [3.05, 3.63) is 101 Å². The molecule has 27 heavy (non-hydrogen) atoms. The molecule has 0 aliphatic heterocycles. The van der Waals surface area contributed by atoms with E-state index in [1.54, 1.807) is 7.11 Å². The van der Waals surface area contributed by atoms with E-state index in [1.807, 2.05) is 55.5 Å². The molecule has 0 aliphatic carbocycles. The standard InChI is InChI=1S/C24H25NO2/c1-17-9-7-8-12-21(17)24(20-10-5-4-6-11-20)25-23(26)16-19-13-14-22(27-3)18(2)15-19/h4-15,24H,16H2,1-3H3,(H,25,26). The van der Waals surface area contributed by atoms with Crippen molar-refractivity contribution in [2.75, 3.05) is 7.11 Å². The Kier molecular flexibility index (Phi) is 5.92. The number of amides is 1. The number of hydrogen-bond acceptors (Lipinski definition) is 2. The number of methoxy groups -OCH3 is 1. The molecule has 3 aromatic carbocycles. The maximum atomic E-state index is 12.8. The molecule has 1 N–H and O–H groups in total. The summed E-state index contributed by atoms with van der Waals surface area (Å²) in [4.78, 5) is 12.8. The van der Waals surface area contributed by atoms with Crippen LogP contribution in [-0.4, -0.2) is 13.0 Å². The van der Waals surface area contributed by atoms with Gasteiger partial charge >= 0.3 is 0 Å². The third-order valence-electron chi connectivity index (χ3n) is 4.76. The molecule has 0 spiro atoms. The number of aryl methyl sites for hydroxylation is 2. The second-order valence-corrected chi connectivity index (χ2v) is 6.75. The van der Waals surface area contributed by atoms with Crippen LogP contribution in [0.1, 0.15) is 33.9 Å². The number of ether oxygens (including phenoxy) is 1. The van der Waals surface area contributed by atoms with Gasteiger partial charge in [-0.3, -0.25) is 4.79 Å². The van der Waals surface area contributed by atoms with Gasteiger partial charge < -0.3 is 10.1 Å². The zero-order valence-electron chi connectivity index (χ0n) is 16.0. The van der Waals surface area contributed by atoms with E-state index in [0.717, 1.165) is 33.6 Å². The van der Waals surface area contributed by atoms with Crippen molar-refractivity contribution in [1.82, 2.24) is 5.32 Å². The summed E-state index contributed by atoms with van der Waals surface area (Å²) in [6, 6.07) is 24.0. The highest BCUT2D eigenvalue weighted by molar-refractivity contribution is 5.79. The molecule has 3 aromatic rings. The highest BCUT2D eigenvalue weighted by atomic mass is 16.5. The SMILES string of the molecule is COc1ccc(CC(=O)NC(c2ccccc2)c2ccccc2C)cc1C. The van der Waals surface area contributed by atoms with Crippen LogP contribution in [0.4, 0.5) is 0 Å². The maximum Gasteiger partial charge on any atom is 0.225 e. The molecule has 0 fully saturated rings. The summed E-state index contributed by atoms with van der Waals surface area (Å²) < 4.78 is 5.30. The van der Waals surface area contributed by atoms with Crippen LogP contribution < -0.4 is 10.1 Å². The van der Waals surface area contributed by atoms with Gasteiger partial charge in [-0.2, -0.15) is 0 Å². The van der Waals surface area contributed by atoms with Crippen molar-refractivity contribution in [3.63, 3.8) is 0 Å². The summed E-state index contributed by atoms with van der Waals surface area (Å²) in [5.41, 5.74) is 5.35. The average molecular weight is 359 g/mol. The lowest BCUT2D eigenvalue weighted by molar-refractivity contribution is -0.120. The van der Waals surface area contributed by atoms with Crippen molar-refractivity contribution in [2.24, 2.45) is 0 Å². The van der Waals surface area contributed by atoms with Crippen molar-refractivity contribution in [1.29, 1.82) is 0 Å². The lowest BCUT2D eigenvalue weighted by atomic mass is 9.94. The van der Waals surface area contributed by atoms with E-state index in [-0.39, 0.29) is 11.9 Å². The van der Waals surface area contributed by atoms with Crippen molar-refractivity contribution < 1.29 is 9.53 Å². The zero-order chi connectivity index (χ0) is 19.2. The van der Waals surface area contributed by atoms with E-state index < -0.39 is 0 Å². The molecular formula is C24H25NO2. The van der Waals surface area contributed by atoms with E-state index in [4.69, 9.17) is 4.74 Å². The van der Waals surface area contributed by atoms with Gasteiger partial charge in [-0.15, -0.1) is 0 Å². The highest BCUT2D eigenvalue weighted by Crippen LogP contribution is 2.25. The van der Waals surface area contributed by atoms with Gasteiger partial charge in [0.25, 0.3) is 0 Å². The molecule has 1 atom stereocenters. The minimum Gasteiger partial charge on any atom is -0.496 e. The molecule has 1 unspecified atom stereocenters. The Morgan fingerprint density at radius 1 is 0.926 bits per heavy atom. The third kappa shape index (κ3) is 4.56. The Labute approximate surface area is 161 Å². The van der Waals surface area contributed by atoms with Gasteiger partial charge in [0.1, 0.15) is 5.75 Å². The topological polar surface area (TPSA) is 38.3 Å². The summed E-state index contributed by atoms with van der Waals surface area (Å²) in [5, 5.41) is 3.22. The lowest BCUT2D eigenvalue weighted by Crippen LogP contribution is -2.31. The minimum atomic E-state index is -0.167. The monoisotopic (exact) mass is 359 g/mol. The van der Waals surface area contributed by atoms with Crippen LogP contribution >= 0.6 is 0 Å². The van der Waals surface area contributed by atoms with E-state index in [2.05, 4.69) is 36.5 Å². The number of carbonyl (C=O) groups excluding carboxylic acids is 1. The predicted molar refractivity (Wildman–Crippen MR) is 109 cm³/mol. The van der Waals surface area contributed by atoms with E-state index in [1.165, 1.54) is 0 Å². The van der Waals surface area contributed by atoms with Gasteiger partial charge in [0.15, 0.2) is 0 Å². The number of nitrogens with one attached hydrogen (secondary N) is 1. The normalized spacial score (nSPS) is 11.7. The fraction of sp³-hybridized carbons (Fsp3) is 0.208. The quantitative estimate of drug-likeness (QED) is 0.689. The molecule has 0 saturated heterocycles. The Morgan fingerprint density at radius 2 is 1.63 bits per heavy atom. The van der Waals surface area contributed by atoms with Gasteiger partial charge in [0, 0.05) is 0 Å². The summed E-state index contributed by atoms with van der Waals surface area (Å²) in [5.74, 6) is 0.831. The number of carbonyl (C=O) groups is 1. The largest absolute Gasteiger partial charge is 0.496 e. The molecule has 0 saturated carbocycles. The number of hydrogen-bond donors (Lipinski definition) is 1. The molecular weight excluding hydrogens is 334 g/mol. The molecule has 0 bridgehead atoms. The van der Waals surface area contributed by atoms with E-state index in [0.29, 0.717) is 6.42 Å². The molecule has 138 valence electrons. The minimum absolute atomic E-state index is 0.00308. The van der Waals surface area contributed by atoms with Crippen molar-refractivity contribution in [2.45, 2.75) is 26.3 Å². The molecule has 0 aliphatic rings. The smallest absolute Gasteiger partial charge is 0.225 e. The van der Waals surface area contributed by atoms with E-state index >= 15 is 0 Å². The first-order chi connectivity index (χ1) is 13.1. The molecule has 3 nitrogen and oxygen atoms in total. The summed E-state index contributed by atoms with van der Waals surface area (Å²) in [6.45, 7) is 4.06.